The molecule has 1 aromatic rings. The molecule has 1 rings (SSSR count). The largest absolute Gasteiger partial charge is 0.493 e. The Morgan fingerprint density at radius 1 is 1.20 bits per heavy atom. The predicted octanol–water partition coefficient (Wildman–Crippen LogP) is 0.197. The van der Waals surface area contributed by atoms with Gasteiger partial charge in [-0.05, 0) is 18.2 Å². The Morgan fingerprint density at radius 2 is 1.80 bits per heavy atom. The van der Waals surface area contributed by atoms with Crippen molar-refractivity contribution in [3.05, 3.63) is 23.8 Å². The van der Waals surface area contributed by atoms with E-state index >= 15 is 0 Å². The lowest BCUT2D eigenvalue weighted by atomic mass is 10.1. The first-order chi connectivity index (χ1) is 7.10. The molecule has 0 aliphatic rings. The Bertz CT molecular complexity index is 359. The number of ether oxygens (including phenoxy) is 2. The van der Waals surface area contributed by atoms with Crippen LogP contribution in [0.2, 0.25) is 0 Å². The standard InChI is InChI=1S/C10H12O5/c1-14-7-4-3-6(5-8(7)15-2)9(11)10(12)13/h3-5,10,12-13H,1-2H3. The molecule has 0 saturated carbocycles. The summed E-state index contributed by atoms with van der Waals surface area (Å²) in [4.78, 5) is 11.2. The van der Waals surface area contributed by atoms with E-state index in [0.29, 0.717) is 11.5 Å². The third-order valence-electron chi connectivity index (χ3n) is 1.90. The third kappa shape index (κ3) is 2.45. The number of aliphatic hydroxyl groups excluding tert-OH is 1. The van der Waals surface area contributed by atoms with Gasteiger partial charge in [0.25, 0.3) is 0 Å². The molecule has 0 amide bonds. The zero-order valence-corrected chi connectivity index (χ0v) is 8.43. The van der Waals surface area contributed by atoms with Crippen molar-refractivity contribution >= 4 is 5.78 Å². The van der Waals surface area contributed by atoms with Crippen LogP contribution in [-0.4, -0.2) is 36.5 Å². The summed E-state index contributed by atoms with van der Waals surface area (Å²) < 4.78 is 9.94. The van der Waals surface area contributed by atoms with E-state index in [-0.39, 0.29) is 5.56 Å². The molecule has 0 spiro atoms. The Kier molecular flexibility index (Phi) is 3.65. The van der Waals surface area contributed by atoms with Crippen LogP contribution in [-0.2, 0) is 0 Å². The summed E-state index contributed by atoms with van der Waals surface area (Å²) in [7, 11) is 2.90. The Morgan fingerprint density at radius 3 is 2.27 bits per heavy atom. The molecule has 0 saturated heterocycles. The minimum Gasteiger partial charge on any atom is -0.493 e. The highest BCUT2D eigenvalue weighted by atomic mass is 16.5. The molecule has 0 unspecified atom stereocenters. The number of Topliss-reactive ketones (excluding diaryl/α,β-unsaturated/α-hetero) is 1. The van der Waals surface area contributed by atoms with Crippen molar-refractivity contribution < 1.29 is 24.5 Å². The molecule has 0 fully saturated rings. The van der Waals surface area contributed by atoms with Crippen LogP contribution in [0.1, 0.15) is 10.4 Å². The zero-order chi connectivity index (χ0) is 11.4. The molecule has 0 aliphatic heterocycles. The summed E-state index contributed by atoms with van der Waals surface area (Å²) in [5, 5.41) is 17.4. The van der Waals surface area contributed by atoms with Crippen LogP contribution in [0.5, 0.6) is 11.5 Å². The number of carbonyl (C=O) groups is 1. The van der Waals surface area contributed by atoms with Crippen molar-refractivity contribution in [3.8, 4) is 11.5 Å². The van der Waals surface area contributed by atoms with Gasteiger partial charge >= 0.3 is 0 Å². The van der Waals surface area contributed by atoms with Crippen LogP contribution >= 0.6 is 0 Å². The highest BCUT2D eigenvalue weighted by molar-refractivity contribution is 5.98. The number of ketones is 1. The fraction of sp³-hybridized carbons (Fsp3) is 0.300. The van der Waals surface area contributed by atoms with Crippen molar-refractivity contribution in [2.24, 2.45) is 0 Å². The molecule has 0 radical (unpaired) electrons. The zero-order valence-electron chi connectivity index (χ0n) is 8.43. The molecular weight excluding hydrogens is 200 g/mol. The Labute approximate surface area is 86.9 Å². The molecule has 0 aliphatic carbocycles. The van der Waals surface area contributed by atoms with E-state index in [1.165, 1.54) is 32.4 Å². The van der Waals surface area contributed by atoms with E-state index in [2.05, 4.69) is 0 Å². The molecule has 15 heavy (non-hydrogen) atoms. The average Bonchev–Trinajstić information content (AvgIpc) is 2.26. The Balaban J connectivity index is 3.08. The second kappa shape index (κ2) is 4.77. The molecule has 0 aromatic heterocycles. The van der Waals surface area contributed by atoms with E-state index in [1.54, 1.807) is 0 Å². The number of hydrogen-bond acceptors (Lipinski definition) is 5. The third-order valence-corrected chi connectivity index (χ3v) is 1.90. The van der Waals surface area contributed by atoms with Gasteiger partial charge in [-0.3, -0.25) is 4.79 Å². The Hall–Kier alpha value is -1.59. The highest BCUT2D eigenvalue weighted by Crippen LogP contribution is 2.27. The van der Waals surface area contributed by atoms with Crippen LogP contribution in [0, 0.1) is 0 Å². The van der Waals surface area contributed by atoms with Crippen LogP contribution in [0.4, 0.5) is 0 Å². The lowest BCUT2D eigenvalue weighted by Crippen LogP contribution is -2.19. The van der Waals surface area contributed by atoms with Gasteiger partial charge in [-0.25, -0.2) is 0 Å². The normalized spacial score (nSPS) is 10.2. The van der Waals surface area contributed by atoms with Crippen LogP contribution < -0.4 is 9.47 Å². The number of benzene rings is 1. The van der Waals surface area contributed by atoms with E-state index in [4.69, 9.17) is 19.7 Å². The van der Waals surface area contributed by atoms with Gasteiger partial charge < -0.3 is 19.7 Å². The van der Waals surface area contributed by atoms with Crippen molar-refractivity contribution in [1.29, 1.82) is 0 Å². The van der Waals surface area contributed by atoms with Crippen molar-refractivity contribution in [1.82, 2.24) is 0 Å². The molecular formula is C10H12O5. The quantitative estimate of drug-likeness (QED) is 0.550. The smallest absolute Gasteiger partial charge is 0.218 e. The lowest BCUT2D eigenvalue weighted by molar-refractivity contribution is -0.0195. The fourth-order valence-corrected chi connectivity index (χ4v) is 1.14. The second-order valence-corrected chi connectivity index (χ2v) is 2.81. The molecule has 0 heterocycles. The SMILES string of the molecule is COc1ccc(C(=O)C(O)O)cc1OC. The summed E-state index contributed by atoms with van der Waals surface area (Å²) >= 11 is 0. The first kappa shape index (κ1) is 11.5. The number of carbonyl (C=O) groups excluding carboxylic acids is 1. The van der Waals surface area contributed by atoms with Crippen molar-refractivity contribution in [3.63, 3.8) is 0 Å². The van der Waals surface area contributed by atoms with Gasteiger partial charge in [0.05, 0.1) is 14.2 Å². The molecule has 0 bridgehead atoms. The molecule has 2 N–H and O–H groups in total. The first-order valence-electron chi connectivity index (χ1n) is 4.22. The van der Waals surface area contributed by atoms with Gasteiger partial charge in [-0.2, -0.15) is 0 Å². The van der Waals surface area contributed by atoms with Crippen LogP contribution in [0.15, 0.2) is 18.2 Å². The number of rotatable bonds is 4. The first-order valence-corrected chi connectivity index (χ1v) is 4.22. The van der Waals surface area contributed by atoms with Gasteiger partial charge in [-0.15, -0.1) is 0 Å². The highest BCUT2D eigenvalue weighted by Gasteiger charge is 2.16. The topological polar surface area (TPSA) is 76.0 Å². The maximum atomic E-state index is 11.2. The summed E-state index contributed by atoms with van der Waals surface area (Å²) in [6.45, 7) is 0. The minimum absolute atomic E-state index is 0.155. The van der Waals surface area contributed by atoms with Gasteiger partial charge in [-0.1, -0.05) is 0 Å². The van der Waals surface area contributed by atoms with Gasteiger partial charge in [0.2, 0.25) is 12.1 Å². The summed E-state index contributed by atoms with van der Waals surface area (Å²) in [5.74, 6) is 0.0569. The van der Waals surface area contributed by atoms with E-state index < -0.39 is 12.1 Å². The van der Waals surface area contributed by atoms with Gasteiger partial charge in [0, 0.05) is 5.56 Å². The number of methoxy groups -OCH3 is 2. The van der Waals surface area contributed by atoms with Gasteiger partial charge in [0.15, 0.2) is 11.5 Å². The second-order valence-electron chi connectivity index (χ2n) is 2.81. The maximum absolute atomic E-state index is 11.2. The summed E-state index contributed by atoms with van der Waals surface area (Å²) in [6, 6.07) is 4.35. The minimum atomic E-state index is -2.01. The summed E-state index contributed by atoms with van der Waals surface area (Å²) in [6.07, 6.45) is -2.01. The van der Waals surface area contributed by atoms with E-state index in [9.17, 15) is 4.79 Å². The van der Waals surface area contributed by atoms with Crippen molar-refractivity contribution in [2.45, 2.75) is 6.29 Å². The molecule has 0 atom stereocenters. The molecule has 82 valence electrons. The number of hydrogen-bond donors (Lipinski definition) is 2. The maximum Gasteiger partial charge on any atom is 0.218 e. The molecule has 5 nitrogen and oxygen atoms in total. The molecule has 5 heteroatoms. The average molecular weight is 212 g/mol. The monoisotopic (exact) mass is 212 g/mol. The van der Waals surface area contributed by atoms with Crippen LogP contribution in [0.3, 0.4) is 0 Å². The predicted molar refractivity (Wildman–Crippen MR) is 52.1 cm³/mol. The van der Waals surface area contributed by atoms with Crippen molar-refractivity contribution in [2.75, 3.05) is 14.2 Å². The molecule has 1 aromatic carbocycles. The van der Waals surface area contributed by atoms with Gasteiger partial charge in [0.1, 0.15) is 0 Å². The van der Waals surface area contributed by atoms with Crippen LogP contribution in [0.25, 0.3) is 0 Å². The number of aliphatic hydroxyl groups is 2. The lowest BCUT2D eigenvalue weighted by Gasteiger charge is -2.09. The summed E-state index contributed by atoms with van der Waals surface area (Å²) in [5.41, 5.74) is 0.155. The van der Waals surface area contributed by atoms with E-state index in [0.717, 1.165) is 0 Å². The van der Waals surface area contributed by atoms with E-state index in [1.807, 2.05) is 0 Å². The fourth-order valence-electron chi connectivity index (χ4n) is 1.14.